The van der Waals surface area contributed by atoms with Crippen LogP contribution in [0.3, 0.4) is 0 Å². The zero-order valence-electron chi connectivity index (χ0n) is 11.8. The van der Waals surface area contributed by atoms with E-state index in [1.165, 1.54) is 5.56 Å². The van der Waals surface area contributed by atoms with E-state index in [4.69, 9.17) is 21.3 Å². The van der Waals surface area contributed by atoms with E-state index in [9.17, 15) is 0 Å². The van der Waals surface area contributed by atoms with Crippen molar-refractivity contribution in [2.45, 2.75) is 25.2 Å². The summed E-state index contributed by atoms with van der Waals surface area (Å²) in [6.45, 7) is 3.43. The standard InChI is InChI=1S/C16H16ClIN2O/c1-11-13(18)14(17)20-15(19-11)16(7-9-21-10-8-16)12-5-3-2-4-6-12/h2-6H,7-10H2,1H3. The molecule has 1 aromatic heterocycles. The number of hydrogen-bond acceptors (Lipinski definition) is 3. The second-order valence-corrected chi connectivity index (χ2v) is 6.73. The zero-order chi connectivity index (χ0) is 14.9. The molecule has 21 heavy (non-hydrogen) atoms. The molecule has 0 unspecified atom stereocenters. The van der Waals surface area contributed by atoms with Crippen LogP contribution in [0.5, 0.6) is 0 Å². The van der Waals surface area contributed by atoms with Crippen molar-refractivity contribution in [1.82, 2.24) is 9.97 Å². The van der Waals surface area contributed by atoms with Gasteiger partial charge in [-0.3, -0.25) is 0 Å². The first-order chi connectivity index (χ1) is 10.1. The maximum Gasteiger partial charge on any atom is 0.146 e. The lowest BCUT2D eigenvalue weighted by Gasteiger charge is -2.36. The Kier molecular flexibility index (Phi) is 4.47. The van der Waals surface area contributed by atoms with E-state index in [2.05, 4.69) is 51.8 Å². The first kappa shape index (κ1) is 15.2. The molecule has 1 aliphatic rings. The summed E-state index contributed by atoms with van der Waals surface area (Å²) in [5.41, 5.74) is 1.98. The fourth-order valence-corrected chi connectivity index (χ4v) is 3.31. The number of rotatable bonds is 2. The molecular formula is C16H16ClIN2O. The van der Waals surface area contributed by atoms with Crippen LogP contribution in [0.15, 0.2) is 30.3 Å². The lowest BCUT2D eigenvalue weighted by atomic mass is 9.73. The highest BCUT2D eigenvalue weighted by Gasteiger charge is 2.39. The van der Waals surface area contributed by atoms with Crippen LogP contribution in [0.2, 0.25) is 5.15 Å². The summed E-state index contributed by atoms with van der Waals surface area (Å²) in [6, 6.07) is 10.5. The van der Waals surface area contributed by atoms with E-state index in [-0.39, 0.29) is 5.41 Å². The lowest BCUT2D eigenvalue weighted by Crippen LogP contribution is -2.37. The SMILES string of the molecule is Cc1nc(C2(c3ccccc3)CCOCC2)nc(Cl)c1I. The van der Waals surface area contributed by atoms with Gasteiger partial charge in [-0.25, -0.2) is 9.97 Å². The Balaban J connectivity index is 2.17. The van der Waals surface area contributed by atoms with Crippen LogP contribution >= 0.6 is 34.2 Å². The van der Waals surface area contributed by atoms with Gasteiger partial charge in [-0.15, -0.1) is 0 Å². The van der Waals surface area contributed by atoms with Gasteiger partial charge in [0.25, 0.3) is 0 Å². The molecule has 3 nitrogen and oxygen atoms in total. The average molecular weight is 415 g/mol. The van der Waals surface area contributed by atoms with Crippen LogP contribution in [-0.4, -0.2) is 23.2 Å². The monoisotopic (exact) mass is 414 g/mol. The molecule has 1 saturated heterocycles. The minimum Gasteiger partial charge on any atom is -0.381 e. The Labute approximate surface area is 143 Å². The second-order valence-electron chi connectivity index (χ2n) is 5.30. The van der Waals surface area contributed by atoms with Crippen molar-refractivity contribution >= 4 is 34.2 Å². The Morgan fingerprint density at radius 2 is 1.81 bits per heavy atom. The first-order valence-corrected chi connectivity index (χ1v) is 8.42. The van der Waals surface area contributed by atoms with E-state index in [0.29, 0.717) is 5.15 Å². The van der Waals surface area contributed by atoms with Gasteiger partial charge >= 0.3 is 0 Å². The summed E-state index contributed by atoms with van der Waals surface area (Å²) in [4.78, 5) is 9.34. The lowest BCUT2D eigenvalue weighted by molar-refractivity contribution is 0.0604. The molecule has 110 valence electrons. The summed E-state index contributed by atoms with van der Waals surface area (Å²) in [5.74, 6) is 0.819. The smallest absolute Gasteiger partial charge is 0.146 e. The van der Waals surface area contributed by atoms with Crippen molar-refractivity contribution in [2.24, 2.45) is 0 Å². The third kappa shape index (κ3) is 2.81. The number of aryl methyl sites for hydroxylation is 1. The fraction of sp³-hybridized carbons (Fsp3) is 0.375. The molecule has 0 aliphatic carbocycles. The van der Waals surface area contributed by atoms with Gasteiger partial charge in [-0.05, 0) is 47.9 Å². The molecule has 2 heterocycles. The highest BCUT2D eigenvalue weighted by molar-refractivity contribution is 14.1. The highest BCUT2D eigenvalue weighted by atomic mass is 127. The minimum atomic E-state index is -0.196. The summed E-state index contributed by atoms with van der Waals surface area (Å²) in [7, 11) is 0. The zero-order valence-corrected chi connectivity index (χ0v) is 14.7. The predicted molar refractivity (Wildman–Crippen MR) is 91.8 cm³/mol. The Morgan fingerprint density at radius 1 is 1.14 bits per heavy atom. The molecule has 3 rings (SSSR count). The molecule has 1 fully saturated rings. The summed E-state index contributed by atoms with van der Waals surface area (Å²) in [6.07, 6.45) is 1.76. The largest absolute Gasteiger partial charge is 0.381 e. The third-order valence-corrected chi connectivity index (χ3v) is 5.96. The summed E-state index contributed by atoms with van der Waals surface area (Å²) < 4.78 is 6.49. The van der Waals surface area contributed by atoms with Crippen LogP contribution in [0.1, 0.15) is 29.9 Å². The van der Waals surface area contributed by atoms with Gasteiger partial charge in [0.05, 0.1) is 14.7 Å². The van der Waals surface area contributed by atoms with Gasteiger partial charge in [0, 0.05) is 13.2 Å². The van der Waals surface area contributed by atoms with Gasteiger partial charge in [0.1, 0.15) is 11.0 Å². The molecule has 1 aromatic carbocycles. The molecule has 0 atom stereocenters. The van der Waals surface area contributed by atoms with Crippen molar-refractivity contribution in [3.8, 4) is 0 Å². The number of hydrogen-bond donors (Lipinski definition) is 0. The average Bonchev–Trinajstić information content (AvgIpc) is 2.53. The topological polar surface area (TPSA) is 35.0 Å². The number of ether oxygens (including phenoxy) is 1. The van der Waals surface area contributed by atoms with Crippen LogP contribution in [-0.2, 0) is 10.2 Å². The molecule has 0 spiro atoms. The normalized spacial score (nSPS) is 17.7. The molecule has 0 amide bonds. The molecular weight excluding hydrogens is 399 g/mol. The molecule has 5 heteroatoms. The van der Waals surface area contributed by atoms with Crippen molar-refractivity contribution in [2.75, 3.05) is 13.2 Å². The third-order valence-electron chi connectivity index (χ3n) is 4.08. The quantitative estimate of drug-likeness (QED) is 0.547. The maximum atomic E-state index is 6.30. The van der Waals surface area contributed by atoms with Crippen molar-refractivity contribution < 1.29 is 4.74 Å². The van der Waals surface area contributed by atoms with Crippen LogP contribution < -0.4 is 0 Å². The van der Waals surface area contributed by atoms with E-state index in [0.717, 1.165) is 41.1 Å². The maximum absolute atomic E-state index is 6.30. The number of benzene rings is 1. The van der Waals surface area contributed by atoms with Crippen LogP contribution in [0.4, 0.5) is 0 Å². The molecule has 0 N–H and O–H groups in total. The molecule has 1 aliphatic heterocycles. The van der Waals surface area contributed by atoms with E-state index >= 15 is 0 Å². The first-order valence-electron chi connectivity index (χ1n) is 6.97. The van der Waals surface area contributed by atoms with Gasteiger partial charge in [0.2, 0.25) is 0 Å². The Hall–Kier alpha value is -0.720. The molecule has 0 bridgehead atoms. The Bertz CT molecular complexity index is 619. The Morgan fingerprint density at radius 3 is 2.43 bits per heavy atom. The van der Waals surface area contributed by atoms with E-state index in [1.807, 2.05) is 13.0 Å². The van der Waals surface area contributed by atoms with Crippen LogP contribution in [0, 0.1) is 10.5 Å². The van der Waals surface area contributed by atoms with Gasteiger partial charge in [0.15, 0.2) is 0 Å². The van der Waals surface area contributed by atoms with Crippen molar-refractivity contribution in [3.63, 3.8) is 0 Å². The predicted octanol–water partition coefficient (Wildman–Crippen LogP) is 4.14. The summed E-state index contributed by atoms with van der Waals surface area (Å²) >= 11 is 8.49. The van der Waals surface area contributed by atoms with Gasteiger partial charge in [-0.2, -0.15) is 0 Å². The fourth-order valence-electron chi connectivity index (χ4n) is 2.86. The number of aromatic nitrogens is 2. The van der Waals surface area contributed by atoms with Crippen LogP contribution in [0.25, 0.3) is 0 Å². The second kappa shape index (κ2) is 6.18. The number of nitrogens with zero attached hydrogens (tertiary/aromatic N) is 2. The van der Waals surface area contributed by atoms with Crippen molar-refractivity contribution in [3.05, 3.63) is 56.1 Å². The van der Waals surface area contributed by atoms with Gasteiger partial charge < -0.3 is 4.74 Å². The minimum absolute atomic E-state index is 0.196. The molecule has 2 aromatic rings. The van der Waals surface area contributed by atoms with E-state index < -0.39 is 0 Å². The van der Waals surface area contributed by atoms with E-state index in [1.54, 1.807) is 0 Å². The van der Waals surface area contributed by atoms with Crippen molar-refractivity contribution in [1.29, 1.82) is 0 Å². The highest BCUT2D eigenvalue weighted by Crippen LogP contribution is 2.40. The molecule has 0 saturated carbocycles. The summed E-state index contributed by atoms with van der Waals surface area (Å²) in [5, 5.41) is 0.542. The number of halogens is 2. The van der Waals surface area contributed by atoms with Gasteiger partial charge in [-0.1, -0.05) is 41.9 Å². The molecule has 0 radical (unpaired) electrons.